The number of aromatic nitrogens is 3. The van der Waals surface area contributed by atoms with Crippen LogP contribution in [0, 0.1) is 46.3 Å². The van der Waals surface area contributed by atoms with Gasteiger partial charge in [0, 0.05) is 18.8 Å². The molecular formula is C38H51N3O4. The van der Waals surface area contributed by atoms with Crippen LogP contribution < -0.4 is 11.4 Å². The highest BCUT2D eigenvalue weighted by Gasteiger charge is 2.75. The highest BCUT2D eigenvalue weighted by Crippen LogP contribution is 2.74. The van der Waals surface area contributed by atoms with Crippen LogP contribution >= 0.6 is 0 Å². The Morgan fingerprint density at radius 2 is 1.60 bits per heavy atom. The summed E-state index contributed by atoms with van der Waals surface area (Å²) in [5.74, 6) is 2.24. The van der Waals surface area contributed by atoms with Gasteiger partial charge in [-0.3, -0.25) is 4.79 Å². The number of esters is 1. The summed E-state index contributed by atoms with van der Waals surface area (Å²) in [5, 5.41) is 0. The number of benzene rings is 1. The number of carbonyl (C=O) groups excluding carboxylic acids is 1. The largest absolute Gasteiger partial charge is 0.462 e. The summed E-state index contributed by atoms with van der Waals surface area (Å²) in [7, 11) is 0. The first-order chi connectivity index (χ1) is 21.3. The minimum Gasteiger partial charge on any atom is -0.462 e. The zero-order valence-electron chi connectivity index (χ0n) is 28.2. The van der Waals surface area contributed by atoms with Gasteiger partial charge in [-0.2, -0.15) is 0 Å². The van der Waals surface area contributed by atoms with Gasteiger partial charge in [0.25, 0.3) is 0 Å². The van der Waals surface area contributed by atoms with E-state index in [4.69, 9.17) is 4.74 Å². The van der Waals surface area contributed by atoms with E-state index in [1.807, 2.05) is 39.7 Å². The van der Waals surface area contributed by atoms with Gasteiger partial charge in [-0.15, -0.1) is 0 Å². The molecule has 8 rings (SSSR count). The van der Waals surface area contributed by atoms with Crippen molar-refractivity contribution in [1.29, 1.82) is 0 Å². The van der Waals surface area contributed by atoms with Gasteiger partial charge in [-0.25, -0.2) is 23.5 Å². The number of ether oxygens (including phenoxy) is 1. The maximum atomic E-state index is 14.8. The van der Waals surface area contributed by atoms with Crippen LogP contribution in [0.1, 0.15) is 93.4 Å². The van der Waals surface area contributed by atoms with Gasteiger partial charge in [0.1, 0.15) is 6.10 Å². The molecule has 0 N–H and O–H groups in total. The van der Waals surface area contributed by atoms with Crippen molar-refractivity contribution >= 4 is 5.97 Å². The molecule has 0 amide bonds. The molecule has 10 atom stereocenters. The molecule has 2 spiro atoms. The third-order valence-corrected chi connectivity index (χ3v) is 13.8. The Morgan fingerprint density at radius 1 is 0.889 bits per heavy atom. The molecule has 4 aliphatic carbocycles. The number of hydrogen-bond donors (Lipinski definition) is 0. The predicted molar refractivity (Wildman–Crippen MR) is 176 cm³/mol. The minimum atomic E-state index is -0.747. The van der Waals surface area contributed by atoms with Crippen molar-refractivity contribution < 1.29 is 9.53 Å². The van der Waals surface area contributed by atoms with Crippen LogP contribution in [0.5, 0.6) is 0 Å². The fourth-order valence-electron chi connectivity index (χ4n) is 11.3. The number of para-hydroxylation sites is 1. The maximum Gasteiger partial charge on any atom is 0.352 e. The number of carbonyl (C=O) groups is 1. The lowest BCUT2D eigenvalue weighted by atomic mass is 9.40. The monoisotopic (exact) mass is 613 g/mol. The standard InChI is InChI=1S/C38H51N3O4/c1-24(2)25(3)13-14-26(4)30-15-16-31-35(30,6)19-18-32-36(7)20-17-29(45-27(5)42)23-37(36)21-22-38(31,32)41-34(44)39(33(43)40(37)41)28-11-9-8-10-12-28/h8-14,21-22,24-26,29-32H,15-20,23H2,1-7H3/b14-13+/t25-,26+,29-,30+,31?,32?,35+,36+,37?,38?/m0/s1. The van der Waals surface area contributed by atoms with Crippen molar-refractivity contribution in [3.8, 4) is 5.69 Å². The average molecular weight is 614 g/mol. The molecule has 0 saturated heterocycles. The van der Waals surface area contributed by atoms with Gasteiger partial charge >= 0.3 is 17.3 Å². The molecule has 2 aliphatic heterocycles. The second-order valence-corrected chi connectivity index (χ2v) is 16.1. The highest BCUT2D eigenvalue weighted by atomic mass is 16.5. The Kier molecular flexibility index (Phi) is 6.93. The molecule has 3 saturated carbocycles. The van der Waals surface area contributed by atoms with Crippen molar-refractivity contribution in [2.24, 2.45) is 46.3 Å². The second kappa shape index (κ2) is 10.2. The zero-order chi connectivity index (χ0) is 32.1. The van der Waals surface area contributed by atoms with E-state index in [1.54, 1.807) is 0 Å². The number of fused-ring (bicyclic) bond motifs is 1. The average Bonchev–Trinajstić information content (AvgIpc) is 3.50. The first kappa shape index (κ1) is 30.6. The van der Waals surface area contributed by atoms with E-state index in [0.29, 0.717) is 35.8 Å². The number of nitrogens with zero attached hydrogens (tertiary/aromatic N) is 3. The molecule has 6 aliphatic rings. The minimum absolute atomic E-state index is 0.0312. The Hall–Kier alpha value is -3.09. The van der Waals surface area contributed by atoms with Crippen molar-refractivity contribution in [1.82, 2.24) is 13.9 Å². The fraction of sp³-hybridized carbons (Fsp3) is 0.658. The molecule has 1 aromatic carbocycles. The third-order valence-electron chi connectivity index (χ3n) is 13.8. The molecule has 3 fully saturated rings. The van der Waals surface area contributed by atoms with E-state index in [1.165, 1.54) is 11.5 Å². The summed E-state index contributed by atoms with van der Waals surface area (Å²) in [6, 6.07) is 9.37. The molecule has 7 nitrogen and oxygen atoms in total. The van der Waals surface area contributed by atoms with E-state index in [2.05, 4.69) is 65.8 Å². The Bertz CT molecular complexity index is 1680. The van der Waals surface area contributed by atoms with E-state index < -0.39 is 11.1 Å². The van der Waals surface area contributed by atoms with Gasteiger partial charge in [0.05, 0.1) is 16.8 Å². The smallest absolute Gasteiger partial charge is 0.352 e. The van der Waals surface area contributed by atoms with Crippen molar-refractivity contribution in [3.05, 3.63) is 75.6 Å². The van der Waals surface area contributed by atoms with Crippen LogP contribution in [-0.2, 0) is 20.6 Å². The van der Waals surface area contributed by atoms with Crippen LogP contribution in [0.4, 0.5) is 0 Å². The summed E-state index contributed by atoms with van der Waals surface area (Å²) in [4.78, 5) is 41.7. The second-order valence-electron chi connectivity index (χ2n) is 16.1. The van der Waals surface area contributed by atoms with E-state index in [-0.39, 0.29) is 46.1 Å². The zero-order valence-corrected chi connectivity index (χ0v) is 28.2. The van der Waals surface area contributed by atoms with Crippen LogP contribution in [-0.4, -0.2) is 26.0 Å². The molecule has 45 heavy (non-hydrogen) atoms. The summed E-state index contributed by atoms with van der Waals surface area (Å²) in [5.41, 5.74) is -1.49. The van der Waals surface area contributed by atoms with E-state index in [9.17, 15) is 14.4 Å². The summed E-state index contributed by atoms with van der Waals surface area (Å²) >= 11 is 0. The summed E-state index contributed by atoms with van der Waals surface area (Å²) in [6.07, 6.45) is 15.6. The molecule has 2 bridgehead atoms. The van der Waals surface area contributed by atoms with Crippen molar-refractivity contribution in [2.45, 2.75) is 111 Å². The quantitative estimate of drug-likeness (QED) is 0.265. The third kappa shape index (κ3) is 3.91. The Morgan fingerprint density at radius 3 is 2.29 bits per heavy atom. The fourth-order valence-corrected chi connectivity index (χ4v) is 11.3. The van der Waals surface area contributed by atoms with Gasteiger partial charge < -0.3 is 4.74 Å². The van der Waals surface area contributed by atoms with Crippen molar-refractivity contribution in [3.63, 3.8) is 0 Å². The van der Waals surface area contributed by atoms with Crippen LogP contribution in [0.15, 0.2) is 64.2 Å². The topological polar surface area (TPSA) is 75.2 Å². The molecule has 242 valence electrons. The van der Waals surface area contributed by atoms with Crippen LogP contribution in [0.3, 0.4) is 0 Å². The van der Waals surface area contributed by atoms with E-state index >= 15 is 0 Å². The molecule has 3 heterocycles. The van der Waals surface area contributed by atoms with Gasteiger partial charge in [-0.05, 0) is 91.6 Å². The molecule has 4 unspecified atom stereocenters. The van der Waals surface area contributed by atoms with Crippen LogP contribution in [0.25, 0.3) is 5.69 Å². The van der Waals surface area contributed by atoms with Gasteiger partial charge in [0.15, 0.2) is 0 Å². The first-order valence-corrected chi connectivity index (χ1v) is 17.4. The Balaban J connectivity index is 1.42. The molecular weight excluding hydrogens is 562 g/mol. The lowest BCUT2D eigenvalue weighted by molar-refractivity contribution is -0.204. The summed E-state index contributed by atoms with van der Waals surface area (Å²) < 4.78 is 11.0. The van der Waals surface area contributed by atoms with E-state index in [0.717, 1.165) is 38.5 Å². The SMILES string of the molecule is CC(=O)O[C@H]1CC[C@]2(C)C3CC[C@@]4(C)C(CC[C@@H]4[C@H](C)/C=C/[C@H](C)C(C)C)C34C=CC2(C1)n1c(=O)n(-c2ccccc2)c(=O)n14. The molecule has 1 aromatic heterocycles. The van der Waals surface area contributed by atoms with Gasteiger partial charge in [0.2, 0.25) is 0 Å². The molecule has 7 heteroatoms. The highest BCUT2D eigenvalue weighted by molar-refractivity contribution is 5.66. The first-order valence-electron chi connectivity index (χ1n) is 17.4. The molecule has 2 aromatic rings. The Labute approximate surface area is 267 Å². The van der Waals surface area contributed by atoms with Gasteiger partial charge in [-0.1, -0.05) is 84.0 Å². The maximum absolute atomic E-state index is 14.8. The normalized spacial score (nSPS) is 39.3. The number of rotatable bonds is 6. The summed E-state index contributed by atoms with van der Waals surface area (Å²) in [6.45, 7) is 15.6. The lowest BCUT2D eigenvalue weighted by Gasteiger charge is -2.71. The van der Waals surface area contributed by atoms with Crippen LogP contribution in [0.2, 0.25) is 0 Å². The number of hydrogen-bond acceptors (Lipinski definition) is 4. The lowest BCUT2D eigenvalue weighted by Crippen LogP contribution is -2.76. The van der Waals surface area contributed by atoms with Crippen molar-refractivity contribution in [2.75, 3.05) is 0 Å². The molecule has 0 radical (unpaired) electrons. The number of allylic oxidation sites excluding steroid dienone is 4. The predicted octanol–water partition coefficient (Wildman–Crippen LogP) is 6.82.